The molecule has 0 N–H and O–H groups in total. The van der Waals surface area contributed by atoms with E-state index >= 15 is 0 Å². The van der Waals surface area contributed by atoms with Gasteiger partial charge in [0.25, 0.3) is 0 Å². The molecule has 0 atom stereocenters. The zero-order valence-corrected chi connectivity index (χ0v) is 11.6. The summed E-state index contributed by atoms with van der Waals surface area (Å²) in [5, 5.41) is -7.81. The molecule has 0 saturated carbocycles. The summed E-state index contributed by atoms with van der Waals surface area (Å²) in [7, 11) is -8.01. The first-order chi connectivity index (χ1) is 10.8. The Hall–Kier alpha value is -1.14. The van der Waals surface area contributed by atoms with Gasteiger partial charge in [-0.05, 0) is 0 Å². The van der Waals surface area contributed by atoms with E-state index in [-0.39, 0.29) is 0 Å². The Balaban J connectivity index is 6.71. The molecule has 0 saturated heterocycles. The number of hydrogen-bond acceptors (Lipinski definition) is 2. The summed E-state index contributed by atoms with van der Waals surface area (Å²) in [5.41, 5.74) is 0. The Morgan fingerprint density at radius 3 is 0.885 bits per heavy atom. The average molecular weight is 449 g/mol. The Bertz CT molecular complexity index is 645. The SMILES string of the molecule is [O]S(=O)(=O)C(F)(F)C(F)(F)C(F)(F)C(F)(F)C(F)(F)C(F)(F)C(F)(F)F. The highest BCUT2D eigenvalue weighted by molar-refractivity contribution is 7.86. The van der Waals surface area contributed by atoms with Gasteiger partial charge in [0.05, 0.1) is 0 Å². The Morgan fingerprint density at radius 2 is 0.654 bits per heavy atom. The maximum Gasteiger partial charge on any atom is 0.460 e. The number of halogens is 15. The minimum Gasteiger partial charge on any atom is -0.192 e. The van der Waals surface area contributed by atoms with Gasteiger partial charge in [0.1, 0.15) is 0 Å². The van der Waals surface area contributed by atoms with Crippen molar-refractivity contribution in [1.29, 1.82) is 0 Å². The molecule has 26 heavy (non-hydrogen) atoms. The third kappa shape index (κ3) is 2.85. The molecular formula is C7F15O3S. The van der Waals surface area contributed by atoms with Crippen LogP contribution in [0.4, 0.5) is 65.9 Å². The molecule has 157 valence electrons. The van der Waals surface area contributed by atoms with Crippen molar-refractivity contribution in [3.8, 4) is 0 Å². The highest BCUT2D eigenvalue weighted by atomic mass is 32.2. The number of alkyl halides is 15. The van der Waals surface area contributed by atoms with Crippen molar-refractivity contribution in [2.45, 2.75) is 41.0 Å². The van der Waals surface area contributed by atoms with Crippen LogP contribution in [0.25, 0.3) is 0 Å². The predicted molar refractivity (Wildman–Crippen MR) is 45.3 cm³/mol. The summed E-state index contributed by atoms with van der Waals surface area (Å²) < 4.78 is 216. The highest BCUT2D eigenvalue weighted by Gasteiger charge is 2.94. The van der Waals surface area contributed by atoms with Gasteiger partial charge < -0.3 is 0 Å². The first-order valence-electron chi connectivity index (χ1n) is 5.04. The van der Waals surface area contributed by atoms with Crippen LogP contribution in [-0.4, -0.2) is 49.5 Å². The lowest BCUT2D eigenvalue weighted by Gasteiger charge is -2.40. The fraction of sp³-hybridized carbons (Fsp3) is 1.00. The fourth-order valence-electron chi connectivity index (χ4n) is 1.11. The lowest BCUT2D eigenvalue weighted by molar-refractivity contribution is -0.448. The zero-order chi connectivity index (χ0) is 22.0. The molecule has 0 amide bonds. The van der Waals surface area contributed by atoms with Crippen molar-refractivity contribution in [1.82, 2.24) is 0 Å². The van der Waals surface area contributed by atoms with Crippen molar-refractivity contribution >= 4 is 10.1 Å². The van der Waals surface area contributed by atoms with E-state index in [2.05, 4.69) is 0 Å². The van der Waals surface area contributed by atoms with E-state index < -0.39 is 51.2 Å². The molecule has 0 unspecified atom stereocenters. The van der Waals surface area contributed by atoms with E-state index in [1.165, 1.54) is 0 Å². The summed E-state index contributed by atoms with van der Waals surface area (Å²) in [6, 6.07) is 0. The van der Waals surface area contributed by atoms with Gasteiger partial charge >= 0.3 is 51.2 Å². The van der Waals surface area contributed by atoms with Gasteiger partial charge in [-0.2, -0.15) is 74.3 Å². The topological polar surface area (TPSA) is 54.0 Å². The van der Waals surface area contributed by atoms with Gasteiger partial charge in [-0.3, -0.25) is 0 Å². The van der Waals surface area contributed by atoms with E-state index in [0.717, 1.165) is 0 Å². The van der Waals surface area contributed by atoms with E-state index in [4.69, 9.17) is 0 Å². The summed E-state index contributed by atoms with van der Waals surface area (Å²) in [6.07, 6.45) is -7.77. The molecule has 0 aliphatic rings. The van der Waals surface area contributed by atoms with E-state index in [1.807, 2.05) is 0 Å². The van der Waals surface area contributed by atoms with Gasteiger partial charge in [0.15, 0.2) is 0 Å². The molecule has 0 aromatic heterocycles. The molecule has 0 bridgehead atoms. The summed E-state index contributed by atoms with van der Waals surface area (Å²) in [5.74, 6) is -42.2. The van der Waals surface area contributed by atoms with Crippen LogP contribution in [0.5, 0.6) is 0 Å². The maximum absolute atomic E-state index is 12.9. The van der Waals surface area contributed by atoms with Gasteiger partial charge in [0, 0.05) is 0 Å². The molecule has 0 rings (SSSR count). The molecule has 0 spiro atoms. The van der Waals surface area contributed by atoms with Gasteiger partial charge in [0.2, 0.25) is 0 Å². The van der Waals surface area contributed by atoms with E-state index in [1.54, 1.807) is 0 Å². The van der Waals surface area contributed by atoms with Crippen LogP contribution in [0.2, 0.25) is 0 Å². The zero-order valence-electron chi connectivity index (χ0n) is 10.8. The number of rotatable bonds is 6. The Kier molecular flexibility index (Phi) is 5.43. The predicted octanol–water partition coefficient (Wildman–Crippen LogP) is 4.08. The second-order valence-corrected chi connectivity index (χ2v) is 5.76. The van der Waals surface area contributed by atoms with Crippen LogP contribution in [-0.2, 0) is 14.7 Å². The van der Waals surface area contributed by atoms with Crippen molar-refractivity contribution < 1.29 is 78.8 Å². The monoisotopic (exact) mass is 449 g/mol. The van der Waals surface area contributed by atoms with E-state index in [9.17, 15) is 78.8 Å². The first-order valence-corrected chi connectivity index (χ1v) is 6.45. The van der Waals surface area contributed by atoms with Gasteiger partial charge in [-0.25, -0.2) is 0 Å². The standard InChI is InChI=1S/C7F15O3S/c8-1(9,2(10,11)4(14,15)6(18,19)20)3(12,13)5(16,17)7(21,22)26(23,24)25. The second-order valence-electron chi connectivity index (χ2n) is 4.34. The Labute approximate surface area is 131 Å². The molecule has 1 radical (unpaired) electrons. The Morgan fingerprint density at radius 1 is 0.423 bits per heavy atom. The molecule has 19 heteroatoms. The van der Waals surface area contributed by atoms with Gasteiger partial charge in [-0.15, -0.1) is 0 Å². The van der Waals surface area contributed by atoms with Crippen LogP contribution in [0.3, 0.4) is 0 Å². The molecule has 0 aromatic rings. The number of hydrogen-bond donors (Lipinski definition) is 0. The third-order valence-corrected chi connectivity index (χ3v) is 3.50. The maximum atomic E-state index is 12.9. The first kappa shape index (κ1) is 24.9. The third-order valence-electron chi connectivity index (χ3n) is 2.61. The molecule has 0 heterocycles. The molecule has 3 nitrogen and oxygen atoms in total. The molecule has 0 aliphatic heterocycles. The highest BCUT2D eigenvalue weighted by Crippen LogP contribution is 2.62. The fourth-order valence-corrected chi connectivity index (χ4v) is 1.55. The van der Waals surface area contributed by atoms with Crippen LogP contribution in [0.15, 0.2) is 0 Å². The second kappa shape index (κ2) is 5.68. The summed E-state index contributed by atoms with van der Waals surface area (Å²) in [4.78, 5) is 0. The summed E-state index contributed by atoms with van der Waals surface area (Å²) in [6.45, 7) is 0. The van der Waals surface area contributed by atoms with Crippen molar-refractivity contribution in [2.24, 2.45) is 0 Å². The lowest BCUT2D eigenvalue weighted by atomic mass is 9.94. The quantitative estimate of drug-likeness (QED) is 0.575. The minimum atomic E-state index is -8.63. The van der Waals surface area contributed by atoms with Crippen molar-refractivity contribution in [3.63, 3.8) is 0 Å². The van der Waals surface area contributed by atoms with Gasteiger partial charge in [-0.1, -0.05) is 4.55 Å². The van der Waals surface area contributed by atoms with Crippen LogP contribution < -0.4 is 0 Å². The van der Waals surface area contributed by atoms with Crippen LogP contribution in [0, 0.1) is 0 Å². The van der Waals surface area contributed by atoms with Crippen molar-refractivity contribution in [2.75, 3.05) is 0 Å². The molecule has 0 fully saturated rings. The molecule has 0 aromatic carbocycles. The van der Waals surface area contributed by atoms with E-state index in [0.29, 0.717) is 0 Å². The smallest absolute Gasteiger partial charge is 0.192 e. The van der Waals surface area contributed by atoms with Crippen molar-refractivity contribution in [3.05, 3.63) is 0 Å². The van der Waals surface area contributed by atoms with Crippen LogP contribution >= 0.6 is 0 Å². The molecule has 0 aliphatic carbocycles. The summed E-state index contributed by atoms with van der Waals surface area (Å²) >= 11 is 0. The average Bonchev–Trinajstić information content (AvgIpc) is 2.34. The normalized spacial score (nSPS) is 16.8. The lowest BCUT2D eigenvalue weighted by Crippen LogP contribution is -2.73. The minimum absolute atomic E-state index is 7.77. The molecular weight excluding hydrogens is 449 g/mol. The largest absolute Gasteiger partial charge is 0.460 e. The van der Waals surface area contributed by atoms with Crippen LogP contribution in [0.1, 0.15) is 0 Å².